The van der Waals surface area contributed by atoms with Gasteiger partial charge in [-0.05, 0) is 25.8 Å². The van der Waals surface area contributed by atoms with Crippen molar-refractivity contribution in [3.05, 3.63) is 12.5 Å². The van der Waals surface area contributed by atoms with Crippen LogP contribution in [-0.2, 0) is 9.47 Å². The number of hydrogen-bond acceptors (Lipinski definition) is 3. The molecule has 76 valence electrons. The molecule has 1 rings (SSSR count). The van der Waals surface area contributed by atoms with Crippen LogP contribution < -0.4 is 5.73 Å². The minimum atomic E-state index is -0.454. The van der Waals surface area contributed by atoms with E-state index in [0.717, 1.165) is 25.8 Å². The molecule has 3 nitrogen and oxygen atoms in total. The smallest absolute Gasteiger partial charge is 0.249 e. The molecule has 13 heavy (non-hydrogen) atoms. The second-order valence-electron chi connectivity index (χ2n) is 3.56. The number of rotatable bonds is 5. The lowest BCUT2D eigenvalue weighted by Gasteiger charge is -2.31. The Hall–Kier alpha value is -0.700. The highest BCUT2D eigenvalue weighted by Crippen LogP contribution is 2.33. The van der Waals surface area contributed by atoms with Crippen LogP contribution in [0.5, 0.6) is 0 Å². The lowest BCUT2D eigenvalue weighted by atomic mass is 9.92. The Kier molecular flexibility index (Phi) is 3.60. The van der Waals surface area contributed by atoms with E-state index < -0.39 is 5.79 Å². The predicted octanol–water partition coefficient (Wildman–Crippen LogP) is 1.99. The summed E-state index contributed by atoms with van der Waals surface area (Å²) >= 11 is 0. The maximum Gasteiger partial charge on any atom is 0.249 e. The molecular weight excluding hydrogens is 166 g/mol. The summed E-state index contributed by atoms with van der Waals surface area (Å²) in [6, 6.07) is 0. The van der Waals surface area contributed by atoms with E-state index >= 15 is 0 Å². The Balaban J connectivity index is 2.44. The van der Waals surface area contributed by atoms with Crippen molar-refractivity contribution in [1.29, 1.82) is 0 Å². The lowest BCUT2D eigenvalue weighted by molar-refractivity contribution is -0.169. The topological polar surface area (TPSA) is 44.5 Å². The van der Waals surface area contributed by atoms with Crippen LogP contribution in [-0.4, -0.2) is 12.3 Å². The van der Waals surface area contributed by atoms with Crippen molar-refractivity contribution in [2.75, 3.05) is 6.54 Å². The first-order valence-electron chi connectivity index (χ1n) is 4.93. The molecule has 0 fully saturated rings. The lowest BCUT2D eigenvalue weighted by Crippen LogP contribution is -2.35. The first-order chi connectivity index (χ1) is 6.23. The Morgan fingerprint density at radius 2 is 2.00 bits per heavy atom. The number of ether oxygens (including phenoxy) is 2. The van der Waals surface area contributed by atoms with E-state index in [9.17, 15) is 0 Å². The zero-order chi connectivity index (χ0) is 9.73. The first-order valence-corrected chi connectivity index (χ1v) is 4.93. The van der Waals surface area contributed by atoms with Gasteiger partial charge in [0.2, 0.25) is 5.79 Å². The second-order valence-corrected chi connectivity index (χ2v) is 3.56. The van der Waals surface area contributed by atoms with Gasteiger partial charge in [-0.25, -0.2) is 0 Å². The Bertz CT molecular complexity index is 172. The van der Waals surface area contributed by atoms with Gasteiger partial charge in [0.05, 0.1) is 0 Å². The summed E-state index contributed by atoms with van der Waals surface area (Å²) < 4.78 is 10.9. The predicted molar refractivity (Wildman–Crippen MR) is 51.8 cm³/mol. The molecule has 0 aromatic rings. The van der Waals surface area contributed by atoms with Gasteiger partial charge in [0.15, 0.2) is 0 Å². The summed E-state index contributed by atoms with van der Waals surface area (Å²) in [6.07, 6.45) is 6.38. The van der Waals surface area contributed by atoms with E-state index in [4.69, 9.17) is 15.2 Å². The largest absolute Gasteiger partial charge is 0.457 e. The minimum Gasteiger partial charge on any atom is -0.457 e. The Morgan fingerprint density at radius 1 is 1.38 bits per heavy atom. The van der Waals surface area contributed by atoms with Gasteiger partial charge in [0, 0.05) is 12.8 Å². The molecule has 2 N–H and O–H groups in total. The van der Waals surface area contributed by atoms with Gasteiger partial charge in [-0.2, -0.15) is 0 Å². The van der Waals surface area contributed by atoms with Gasteiger partial charge < -0.3 is 15.2 Å². The molecule has 3 heteroatoms. The van der Waals surface area contributed by atoms with Gasteiger partial charge in [-0.3, -0.25) is 0 Å². The molecule has 0 spiro atoms. The molecule has 0 aliphatic carbocycles. The highest BCUT2D eigenvalue weighted by Gasteiger charge is 2.37. The molecule has 1 atom stereocenters. The van der Waals surface area contributed by atoms with Gasteiger partial charge in [-0.1, -0.05) is 6.92 Å². The van der Waals surface area contributed by atoms with Crippen molar-refractivity contribution in [1.82, 2.24) is 0 Å². The summed E-state index contributed by atoms with van der Waals surface area (Å²) in [4.78, 5) is 0. The summed E-state index contributed by atoms with van der Waals surface area (Å²) in [7, 11) is 0. The highest BCUT2D eigenvalue weighted by atomic mass is 16.7. The third-order valence-corrected chi connectivity index (χ3v) is 2.65. The molecule has 0 saturated carbocycles. The summed E-state index contributed by atoms with van der Waals surface area (Å²) in [5, 5.41) is 0. The SMILES string of the molecule is CCC(CCCN)C1(C)OC=CO1. The zero-order valence-corrected chi connectivity index (χ0v) is 8.45. The van der Waals surface area contributed by atoms with Gasteiger partial charge >= 0.3 is 0 Å². The van der Waals surface area contributed by atoms with Crippen molar-refractivity contribution in [3.63, 3.8) is 0 Å². The standard InChI is InChI=1S/C10H19NO2/c1-3-9(5-4-6-11)10(2)12-7-8-13-10/h7-9H,3-6,11H2,1-2H3. The maximum atomic E-state index is 5.48. The normalized spacial score (nSPS) is 20.8. The third kappa shape index (κ3) is 2.37. The number of nitrogens with two attached hydrogens (primary N) is 1. The first kappa shape index (κ1) is 10.4. The quantitative estimate of drug-likeness (QED) is 0.712. The molecule has 1 aliphatic rings. The Labute approximate surface area is 79.9 Å². The van der Waals surface area contributed by atoms with E-state index in [1.54, 1.807) is 12.5 Å². The molecule has 0 saturated heterocycles. The summed E-state index contributed by atoms with van der Waals surface area (Å²) in [6.45, 7) is 4.87. The molecule has 0 bridgehead atoms. The van der Waals surface area contributed by atoms with Crippen LogP contribution >= 0.6 is 0 Å². The van der Waals surface area contributed by atoms with Crippen LogP contribution in [0, 0.1) is 5.92 Å². The van der Waals surface area contributed by atoms with Crippen LogP contribution in [0.4, 0.5) is 0 Å². The third-order valence-electron chi connectivity index (χ3n) is 2.65. The van der Waals surface area contributed by atoms with Crippen LogP contribution in [0.2, 0.25) is 0 Å². The van der Waals surface area contributed by atoms with E-state index in [1.165, 1.54) is 0 Å². The molecule has 1 aliphatic heterocycles. The molecule has 0 radical (unpaired) electrons. The summed E-state index contributed by atoms with van der Waals surface area (Å²) in [5.41, 5.74) is 5.48. The van der Waals surface area contributed by atoms with Crippen molar-refractivity contribution >= 4 is 0 Å². The fraction of sp³-hybridized carbons (Fsp3) is 0.800. The van der Waals surface area contributed by atoms with E-state index in [-0.39, 0.29) is 0 Å². The molecule has 1 unspecified atom stereocenters. The number of hydrogen-bond donors (Lipinski definition) is 1. The average Bonchev–Trinajstić information content (AvgIpc) is 2.54. The monoisotopic (exact) mass is 185 g/mol. The van der Waals surface area contributed by atoms with Gasteiger partial charge in [0.25, 0.3) is 0 Å². The second kappa shape index (κ2) is 4.51. The molecule has 0 aromatic heterocycles. The van der Waals surface area contributed by atoms with Crippen LogP contribution in [0.15, 0.2) is 12.5 Å². The van der Waals surface area contributed by atoms with Crippen LogP contribution in [0.1, 0.15) is 33.1 Å². The molecule has 0 aromatic carbocycles. The van der Waals surface area contributed by atoms with Gasteiger partial charge in [-0.15, -0.1) is 0 Å². The highest BCUT2D eigenvalue weighted by molar-refractivity contribution is 4.85. The van der Waals surface area contributed by atoms with Crippen molar-refractivity contribution in [2.24, 2.45) is 11.7 Å². The fourth-order valence-electron chi connectivity index (χ4n) is 1.75. The maximum absolute atomic E-state index is 5.48. The van der Waals surface area contributed by atoms with E-state index in [1.807, 2.05) is 6.92 Å². The van der Waals surface area contributed by atoms with Crippen LogP contribution in [0.3, 0.4) is 0 Å². The van der Waals surface area contributed by atoms with E-state index in [2.05, 4.69) is 6.92 Å². The molecule has 1 heterocycles. The van der Waals surface area contributed by atoms with E-state index in [0.29, 0.717) is 5.92 Å². The zero-order valence-electron chi connectivity index (χ0n) is 8.45. The van der Waals surface area contributed by atoms with Crippen molar-refractivity contribution in [3.8, 4) is 0 Å². The average molecular weight is 185 g/mol. The minimum absolute atomic E-state index is 0.422. The van der Waals surface area contributed by atoms with Crippen LogP contribution in [0.25, 0.3) is 0 Å². The van der Waals surface area contributed by atoms with Crippen molar-refractivity contribution in [2.45, 2.75) is 38.9 Å². The Morgan fingerprint density at radius 3 is 2.46 bits per heavy atom. The summed E-state index contributed by atoms with van der Waals surface area (Å²) in [5.74, 6) is -0.0322. The van der Waals surface area contributed by atoms with Gasteiger partial charge in [0.1, 0.15) is 12.5 Å². The van der Waals surface area contributed by atoms with Crippen molar-refractivity contribution < 1.29 is 9.47 Å². The molecular formula is C10H19NO2. The molecule has 0 amide bonds. The fourth-order valence-corrected chi connectivity index (χ4v) is 1.75.